The Balaban J connectivity index is 1.81. The quantitative estimate of drug-likeness (QED) is 0.917. The highest BCUT2D eigenvalue weighted by Crippen LogP contribution is 2.24. The third-order valence-corrected chi connectivity index (χ3v) is 3.90. The van der Waals surface area contributed by atoms with Gasteiger partial charge in [0.25, 0.3) is 0 Å². The van der Waals surface area contributed by atoms with Gasteiger partial charge in [0.05, 0.1) is 6.42 Å². The standard InChI is InChI=1S/C16H20F3NO2/c1-11-2-6-13(7-3-11)20-15(21)10-12-4-8-14(9-5-12)22-16(17,18)19/h4-5,8-9,11,13H,2-3,6-7,10H2,1H3,(H,20,21). The molecule has 0 heterocycles. The first-order valence-corrected chi connectivity index (χ1v) is 7.46. The van der Waals surface area contributed by atoms with Gasteiger partial charge in [-0.15, -0.1) is 13.2 Å². The molecule has 1 aliphatic carbocycles. The summed E-state index contributed by atoms with van der Waals surface area (Å²) in [6.07, 6.45) is -0.311. The minimum Gasteiger partial charge on any atom is -0.406 e. The summed E-state index contributed by atoms with van der Waals surface area (Å²) in [6, 6.07) is 5.61. The number of benzene rings is 1. The Labute approximate surface area is 127 Å². The van der Waals surface area contributed by atoms with Crippen molar-refractivity contribution in [3.8, 4) is 5.75 Å². The lowest BCUT2D eigenvalue weighted by Crippen LogP contribution is -2.38. The molecule has 3 nitrogen and oxygen atoms in total. The third-order valence-electron chi connectivity index (χ3n) is 3.90. The lowest BCUT2D eigenvalue weighted by molar-refractivity contribution is -0.274. The summed E-state index contributed by atoms with van der Waals surface area (Å²) in [5.41, 5.74) is 0.663. The van der Waals surface area contributed by atoms with E-state index in [0.717, 1.165) is 25.7 Å². The molecule has 122 valence electrons. The van der Waals surface area contributed by atoms with Crippen molar-refractivity contribution in [2.24, 2.45) is 5.92 Å². The Bertz CT molecular complexity index is 491. The van der Waals surface area contributed by atoms with Crippen LogP contribution in [0.1, 0.15) is 38.2 Å². The zero-order valence-corrected chi connectivity index (χ0v) is 12.5. The highest BCUT2D eigenvalue weighted by Gasteiger charge is 2.31. The minimum absolute atomic E-state index is 0.0935. The van der Waals surface area contributed by atoms with Gasteiger partial charge in [-0.2, -0.15) is 0 Å². The number of hydrogen-bond acceptors (Lipinski definition) is 2. The van der Waals surface area contributed by atoms with Crippen LogP contribution in [0.4, 0.5) is 13.2 Å². The topological polar surface area (TPSA) is 38.3 Å². The van der Waals surface area contributed by atoms with Crippen LogP contribution in [0.3, 0.4) is 0 Å². The molecule has 1 N–H and O–H groups in total. The Kier molecular flexibility index (Phi) is 5.32. The van der Waals surface area contributed by atoms with Crippen molar-refractivity contribution in [1.82, 2.24) is 5.32 Å². The number of carbonyl (C=O) groups excluding carboxylic acids is 1. The van der Waals surface area contributed by atoms with E-state index in [4.69, 9.17) is 0 Å². The van der Waals surface area contributed by atoms with Gasteiger partial charge in [-0.1, -0.05) is 19.1 Å². The Hall–Kier alpha value is -1.72. The number of carbonyl (C=O) groups is 1. The lowest BCUT2D eigenvalue weighted by atomic mass is 9.87. The predicted molar refractivity (Wildman–Crippen MR) is 76.4 cm³/mol. The van der Waals surface area contributed by atoms with Gasteiger partial charge in [0.2, 0.25) is 5.91 Å². The molecule has 0 bridgehead atoms. The molecule has 1 aromatic carbocycles. The van der Waals surface area contributed by atoms with Crippen molar-refractivity contribution in [1.29, 1.82) is 0 Å². The largest absolute Gasteiger partial charge is 0.573 e. The monoisotopic (exact) mass is 315 g/mol. The molecule has 0 atom stereocenters. The summed E-state index contributed by atoms with van der Waals surface area (Å²) >= 11 is 0. The fourth-order valence-corrected chi connectivity index (χ4v) is 2.68. The Morgan fingerprint density at radius 2 is 1.77 bits per heavy atom. The SMILES string of the molecule is CC1CCC(NC(=O)Cc2ccc(OC(F)(F)F)cc2)CC1. The molecule has 6 heteroatoms. The molecule has 22 heavy (non-hydrogen) atoms. The normalized spacial score (nSPS) is 22.2. The molecule has 0 aromatic heterocycles. The second-order valence-electron chi connectivity index (χ2n) is 5.89. The fourth-order valence-electron chi connectivity index (χ4n) is 2.68. The Morgan fingerprint density at radius 1 is 1.18 bits per heavy atom. The first kappa shape index (κ1) is 16.6. The second kappa shape index (κ2) is 7.03. The number of alkyl halides is 3. The van der Waals surface area contributed by atoms with Crippen molar-refractivity contribution in [2.75, 3.05) is 0 Å². The minimum atomic E-state index is -4.70. The van der Waals surface area contributed by atoms with E-state index < -0.39 is 6.36 Å². The second-order valence-corrected chi connectivity index (χ2v) is 5.89. The van der Waals surface area contributed by atoms with Gasteiger partial charge < -0.3 is 10.1 Å². The highest BCUT2D eigenvalue weighted by molar-refractivity contribution is 5.78. The van der Waals surface area contributed by atoms with E-state index in [2.05, 4.69) is 17.0 Å². The van der Waals surface area contributed by atoms with Gasteiger partial charge in [0, 0.05) is 6.04 Å². The molecule has 1 amide bonds. The van der Waals surface area contributed by atoms with Crippen LogP contribution in [0.25, 0.3) is 0 Å². The number of hydrogen-bond donors (Lipinski definition) is 1. The summed E-state index contributed by atoms with van der Waals surface area (Å²) in [5.74, 6) is 0.344. The summed E-state index contributed by atoms with van der Waals surface area (Å²) in [6.45, 7) is 2.21. The van der Waals surface area contributed by atoms with E-state index in [1.165, 1.54) is 24.3 Å². The van der Waals surface area contributed by atoms with Gasteiger partial charge >= 0.3 is 6.36 Å². The summed E-state index contributed by atoms with van der Waals surface area (Å²) in [5, 5.41) is 2.99. The van der Waals surface area contributed by atoms with Crippen molar-refractivity contribution >= 4 is 5.91 Å². The average Bonchev–Trinajstić information content (AvgIpc) is 2.42. The fraction of sp³-hybridized carbons (Fsp3) is 0.562. The molecule has 1 aromatic rings. The molecule has 0 spiro atoms. The number of halogens is 3. The van der Waals surface area contributed by atoms with E-state index in [0.29, 0.717) is 11.5 Å². The number of nitrogens with one attached hydrogen (secondary N) is 1. The highest BCUT2D eigenvalue weighted by atomic mass is 19.4. The molecule has 2 rings (SSSR count). The van der Waals surface area contributed by atoms with Crippen LogP contribution < -0.4 is 10.1 Å². The zero-order valence-electron chi connectivity index (χ0n) is 12.5. The molecule has 0 saturated heterocycles. The smallest absolute Gasteiger partial charge is 0.406 e. The van der Waals surface area contributed by atoms with E-state index in [9.17, 15) is 18.0 Å². The molecule has 1 fully saturated rings. The Morgan fingerprint density at radius 3 is 2.32 bits per heavy atom. The zero-order chi connectivity index (χ0) is 16.2. The first-order chi connectivity index (χ1) is 10.3. The van der Waals surface area contributed by atoms with E-state index in [1.807, 2.05) is 0 Å². The molecule has 1 aliphatic rings. The van der Waals surface area contributed by atoms with Crippen molar-refractivity contribution in [3.05, 3.63) is 29.8 Å². The van der Waals surface area contributed by atoms with E-state index in [1.54, 1.807) is 0 Å². The van der Waals surface area contributed by atoms with Crippen molar-refractivity contribution < 1.29 is 22.7 Å². The third kappa shape index (κ3) is 5.58. The van der Waals surface area contributed by atoms with Crippen LogP contribution in [0.5, 0.6) is 5.75 Å². The molecule has 1 saturated carbocycles. The van der Waals surface area contributed by atoms with Crippen LogP contribution in [0, 0.1) is 5.92 Å². The van der Waals surface area contributed by atoms with E-state index in [-0.39, 0.29) is 24.1 Å². The molecular weight excluding hydrogens is 295 g/mol. The number of rotatable bonds is 4. The lowest BCUT2D eigenvalue weighted by Gasteiger charge is -2.26. The van der Waals surface area contributed by atoms with Crippen molar-refractivity contribution in [2.45, 2.75) is 51.4 Å². The van der Waals surface area contributed by atoms with Crippen LogP contribution in [0.2, 0.25) is 0 Å². The predicted octanol–water partition coefficient (Wildman–Crippen LogP) is 3.82. The average molecular weight is 315 g/mol. The van der Waals surface area contributed by atoms with Crippen LogP contribution in [0.15, 0.2) is 24.3 Å². The number of ether oxygens (including phenoxy) is 1. The van der Waals surface area contributed by atoms with Crippen LogP contribution >= 0.6 is 0 Å². The van der Waals surface area contributed by atoms with Crippen molar-refractivity contribution in [3.63, 3.8) is 0 Å². The van der Waals surface area contributed by atoms with Gasteiger partial charge in [-0.05, 0) is 49.3 Å². The maximum absolute atomic E-state index is 12.1. The summed E-state index contributed by atoms with van der Waals surface area (Å²) in [4.78, 5) is 12.0. The molecule has 0 aliphatic heterocycles. The van der Waals surface area contributed by atoms with Crippen LogP contribution in [-0.4, -0.2) is 18.3 Å². The van der Waals surface area contributed by atoms with Gasteiger partial charge in [0.1, 0.15) is 5.75 Å². The summed E-state index contributed by atoms with van der Waals surface area (Å²) in [7, 11) is 0. The van der Waals surface area contributed by atoms with Gasteiger partial charge in [0.15, 0.2) is 0 Å². The van der Waals surface area contributed by atoms with Gasteiger partial charge in [-0.25, -0.2) is 0 Å². The van der Waals surface area contributed by atoms with Gasteiger partial charge in [-0.3, -0.25) is 4.79 Å². The molecular formula is C16H20F3NO2. The molecule has 0 unspecified atom stereocenters. The maximum Gasteiger partial charge on any atom is 0.573 e. The molecule has 0 radical (unpaired) electrons. The maximum atomic E-state index is 12.1. The first-order valence-electron chi connectivity index (χ1n) is 7.46. The van der Waals surface area contributed by atoms with Crippen LogP contribution in [-0.2, 0) is 11.2 Å². The van der Waals surface area contributed by atoms with E-state index >= 15 is 0 Å². The number of amides is 1. The summed E-state index contributed by atoms with van der Waals surface area (Å²) < 4.78 is 40.0.